The van der Waals surface area contributed by atoms with Gasteiger partial charge < -0.3 is 9.80 Å². The third-order valence-corrected chi connectivity index (χ3v) is 17.4. The van der Waals surface area contributed by atoms with Crippen LogP contribution in [0.2, 0.25) is 0 Å². The standard InChI is InChI=1S/C81H54N2/c1-7-25-55(26-8-1)59-44-47-77(70(50-59)57-29-11-3-12-30-57)82(63-33-15-5-16-34-63)65-46-43-61-52-72-75(53-62(61)49-65)81(73-41-23-21-37-66(73)67-38-22-24-42-74(67)81)76-54-79(68-39-19-20-40-69(68)80(72)76)83(64-35-17-6-18-36-64)78-48-45-60(56-27-9-2-10-28-56)51-71(78)58-31-13-4-14-32-58/h1-54H. The largest absolute Gasteiger partial charge is 0.310 e. The molecular formula is C81H54N2. The van der Waals surface area contributed by atoms with Crippen molar-refractivity contribution < 1.29 is 0 Å². The molecule has 0 saturated carbocycles. The van der Waals surface area contributed by atoms with Crippen molar-refractivity contribution in [3.63, 3.8) is 0 Å². The van der Waals surface area contributed by atoms with Crippen LogP contribution in [0.5, 0.6) is 0 Å². The van der Waals surface area contributed by atoms with Gasteiger partial charge >= 0.3 is 0 Å². The Bertz CT molecular complexity index is 4720. The highest BCUT2D eigenvalue weighted by Gasteiger charge is 2.52. The number of nitrogens with zero attached hydrogens (tertiary/aromatic N) is 2. The van der Waals surface area contributed by atoms with Crippen molar-refractivity contribution in [1.82, 2.24) is 0 Å². The van der Waals surface area contributed by atoms with Crippen LogP contribution in [-0.4, -0.2) is 0 Å². The number of para-hydroxylation sites is 2. The summed E-state index contributed by atoms with van der Waals surface area (Å²) in [5.74, 6) is 0. The van der Waals surface area contributed by atoms with Gasteiger partial charge in [-0.05, 0) is 173 Å². The number of benzene rings is 14. The average Bonchev–Trinajstić information content (AvgIpc) is 2.02. The molecule has 0 unspecified atom stereocenters. The Labute approximate surface area is 484 Å². The topological polar surface area (TPSA) is 6.48 Å². The van der Waals surface area contributed by atoms with Crippen LogP contribution in [0.15, 0.2) is 328 Å². The van der Waals surface area contributed by atoms with Crippen molar-refractivity contribution in [3.05, 3.63) is 350 Å². The number of anilines is 6. The van der Waals surface area contributed by atoms with Crippen LogP contribution in [0.25, 0.3) is 88.3 Å². The maximum absolute atomic E-state index is 2.57. The fourth-order valence-electron chi connectivity index (χ4n) is 13.8. The summed E-state index contributed by atoms with van der Waals surface area (Å²) < 4.78 is 0. The molecule has 0 fully saturated rings. The molecule has 0 bridgehead atoms. The van der Waals surface area contributed by atoms with Gasteiger partial charge in [0.2, 0.25) is 0 Å². The molecule has 2 nitrogen and oxygen atoms in total. The normalized spacial score (nSPS) is 12.4. The first-order valence-electron chi connectivity index (χ1n) is 28.7. The molecule has 14 aromatic carbocycles. The van der Waals surface area contributed by atoms with Crippen LogP contribution in [-0.2, 0) is 5.41 Å². The fourth-order valence-corrected chi connectivity index (χ4v) is 13.8. The Morgan fingerprint density at radius 1 is 0.205 bits per heavy atom. The molecule has 0 saturated heterocycles. The first kappa shape index (κ1) is 48.1. The summed E-state index contributed by atoms with van der Waals surface area (Å²) in [6, 6.07) is 121. The summed E-state index contributed by atoms with van der Waals surface area (Å²) in [7, 11) is 0. The smallest absolute Gasteiger partial charge is 0.0726 e. The predicted molar refractivity (Wildman–Crippen MR) is 349 cm³/mol. The number of hydrogen-bond acceptors (Lipinski definition) is 2. The maximum atomic E-state index is 2.57. The van der Waals surface area contributed by atoms with Gasteiger partial charge in [-0.2, -0.15) is 0 Å². The second-order valence-corrected chi connectivity index (χ2v) is 21.9. The molecule has 0 amide bonds. The Morgan fingerprint density at radius 3 is 1.19 bits per heavy atom. The van der Waals surface area contributed by atoms with E-state index in [1.54, 1.807) is 0 Å². The first-order chi connectivity index (χ1) is 41.2. The van der Waals surface area contributed by atoms with Crippen molar-refractivity contribution in [2.45, 2.75) is 5.41 Å². The van der Waals surface area contributed by atoms with E-state index in [1.165, 1.54) is 88.3 Å². The summed E-state index contributed by atoms with van der Waals surface area (Å²) in [6.07, 6.45) is 0. The van der Waals surface area contributed by atoms with Gasteiger partial charge in [0.1, 0.15) is 0 Å². The highest BCUT2D eigenvalue weighted by atomic mass is 15.2. The summed E-state index contributed by atoms with van der Waals surface area (Å²) in [5, 5.41) is 4.78. The number of rotatable bonds is 10. The second-order valence-electron chi connectivity index (χ2n) is 21.9. The quantitative estimate of drug-likeness (QED) is 0.135. The molecule has 2 heteroatoms. The Morgan fingerprint density at radius 2 is 0.651 bits per heavy atom. The van der Waals surface area contributed by atoms with E-state index in [0.29, 0.717) is 0 Å². The molecule has 83 heavy (non-hydrogen) atoms. The van der Waals surface area contributed by atoms with E-state index in [-0.39, 0.29) is 0 Å². The molecule has 16 rings (SSSR count). The molecule has 2 aliphatic rings. The van der Waals surface area contributed by atoms with Crippen molar-refractivity contribution in [2.24, 2.45) is 0 Å². The van der Waals surface area contributed by atoms with Gasteiger partial charge in [0.05, 0.1) is 22.5 Å². The van der Waals surface area contributed by atoms with Crippen molar-refractivity contribution >= 4 is 55.7 Å². The second kappa shape index (κ2) is 19.8. The van der Waals surface area contributed by atoms with Gasteiger partial charge in [0.15, 0.2) is 0 Å². The third-order valence-electron chi connectivity index (χ3n) is 17.4. The van der Waals surface area contributed by atoms with Gasteiger partial charge in [0, 0.05) is 33.6 Å². The zero-order chi connectivity index (χ0) is 54.8. The molecule has 0 heterocycles. The maximum Gasteiger partial charge on any atom is 0.0726 e. The zero-order valence-electron chi connectivity index (χ0n) is 45.6. The Balaban J connectivity index is 0.957. The first-order valence-corrected chi connectivity index (χ1v) is 28.7. The van der Waals surface area contributed by atoms with E-state index >= 15 is 0 Å². The van der Waals surface area contributed by atoms with Crippen molar-refractivity contribution in [1.29, 1.82) is 0 Å². The Hall–Kier alpha value is -10.8. The molecule has 2 aliphatic carbocycles. The molecule has 0 aliphatic heterocycles. The molecule has 388 valence electrons. The van der Waals surface area contributed by atoms with Crippen molar-refractivity contribution in [3.8, 4) is 66.8 Å². The minimum Gasteiger partial charge on any atom is -0.310 e. The van der Waals surface area contributed by atoms with Gasteiger partial charge in [-0.1, -0.05) is 249 Å². The van der Waals surface area contributed by atoms with E-state index < -0.39 is 5.41 Å². The molecule has 14 aromatic rings. The van der Waals surface area contributed by atoms with Crippen LogP contribution in [0.4, 0.5) is 34.1 Å². The molecule has 0 radical (unpaired) electrons. The van der Waals surface area contributed by atoms with Gasteiger partial charge in [-0.3, -0.25) is 0 Å². The van der Waals surface area contributed by atoms with Crippen LogP contribution >= 0.6 is 0 Å². The van der Waals surface area contributed by atoms with Gasteiger partial charge in [-0.25, -0.2) is 0 Å². The van der Waals surface area contributed by atoms with Crippen LogP contribution in [0.3, 0.4) is 0 Å². The number of hydrogen-bond donors (Lipinski definition) is 0. The zero-order valence-corrected chi connectivity index (χ0v) is 45.6. The minimum atomic E-state index is -0.657. The van der Waals surface area contributed by atoms with Crippen LogP contribution < -0.4 is 9.80 Å². The lowest BCUT2D eigenvalue weighted by Crippen LogP contribution is -2.26. The lowest BCUT2D eigenvalue weighted by molar-refractivity contribution is 0.795. The third kappa shape index (κ3) is 7.79. The molecule has 1 spiro atoms. The summed E-state index contributed by atoms with van der Waals surface area (Å²) in [5.41, 5.74) is 25.6. The van der Waals surface area contributed by atoms with E-state index in [1.807, 2.05) is 0 Å². The SMILES string of the molecule is c1ccc(-c2ccc(N(c3ccccc3)c3ccc4cc5c(cc4c3)C3(c4ccccc4-c4ccccc43)c3cc(N(c4ccccc4)c4ccc(-c6ccccc6)cc4-c4ccccc4)c4ccccc4c3-5)c(-c3ccccc3)c2)cc1. The van der Waals surface area contributed by atoms with E-state index in [0.717, 1.165) is 56.4 Å². The van der Waals surface area contributed by atoms with Gasteiger partial charge in [0.25, 0.3) is 0 Å². The number of fused-ring (bicyclic) bond motifs is 13. The minimum absolute atomic E-state index is 0.657. The van der Waals surface area contributed by atoms with E-state index in [9.17, 15) is 0 Å². The predicted octanol–water partition coefficient (Wildman–Crippen LogP) is 21.9. The van der Waals surface area contributed by atoms with Gasteiger partial charge in [-0.15, -0.1) is 0 Å². The lowest BCUT2D eigenvalue weighted by Gasteiger charge is -2.34. The summed E-state index contributed by atoms with van der Waals surface area (Å²) in [4.78, 5) is 4.97. The highest BCUT2D eigenvalue weighted by molar-refractivity contribution is 6.14. The summed E-state index contributed by atoms with van der Waals surface area (Å²) >= 11 is 0. The fraction of sp³-hybridized carbons (Fsp3) is 0.0123. The average molecular weight is 1060 g/mol. The summed E-state index contributed by atoms with van der Waals surface area (Å²) in [6.45, 7) is 0. The van der Waals surface area contributed by atoms with E-state index in [2.05, 4.69) is 337 Å². The monoisotopic (exact) mass is 1050 g/mol. The van der Waals surface area contributed by atoms with Crippen LogP contribution in [0.1, 0.15) is 22.3 Å². The lowest BCUT2D eigenvalue weighted by atomic mass is 9.70. The van der Waals surface area contributed by atoms with Crippen LogP contribution in [0, 0.1) is 0 Å². The molecule has 0 atom stereocenters. The Kier molecular flexibility index (Phi) is 11.5. The highest BCUT2D eigenvalue weighted by Crippen LogP contribution is 2.65. The molecular weight excluding hydrogens is 1000 g/mol. The molecule has 0 aromatic heterocycles. The van der Waals surface area contributed by atoms with Crippen molar-refractivity contribution in [2.75, 3.05) is 9.80 Å². The van der Waals surface area contributed by atoms with E-state index in [4.69, 9.17) is 0 Å². The molecule has 0 N–H and O–H groups in total.